The molecule has 2 aromatic carbocycles. The highest BCUT2D eigenvalue weighted by Crippen LogP contribution is 2.23. The summed E-state index contributed by atoms with van der Waals surface area (Å²) >= 11 is 0. The molecule has 0 unspecified atom stereocenters. The van der Waals surface area contributed by atoms with E-state index in [1.807, 2.05) is 53.2 Å². The Kier molecular flexibility index (Phi) is 6.01. The number of hydrogen-bond donors (Lipinski definition) is 1. The van der Waals surface area contributed by atoms with E-state index in [0.29, 0.717) is 36.2 Å². The number of benzene rings is 2. The Labute approximate surface area is 201 Å². The number of anilines is 2. The smallest absolute Gasteiger partial charge is 0.377 e. The monoisotopic (exact) mass is 468 g/mol. The van der Waals surface area contributed by atoms with E-state index < -0.39 is 11.8 Å². The van der Waals surface area contributed by atoms with E-state index in [0.717, 1.165) is 24.3 Å². The Morgan fingerprint density at radius 3 is 2.26 bits per heavy atom. The zero-order valence-corrected chi connectivity index (χ0v) is 19.0. The SMILES string of the molecule is O=C(O)C(=O)c1ccc2c(=O)c(N3CCN(c4ccncc4)CC3)cn(Cc3ccccc3)c2c1. The maximum absolute atomic E-state index is 13.5. The first-order chi connectivity index (χ1) is 17.0. The molecule has 4 aromatic rings. The molecule has 2 aromatic heterocycles. The lowest BCUT2D eigenvalue weighted by Crippen LogP contribution is -2.48. The molecule has 5 rings (SSSR count). The van der Waals surface area contributed by atoms with E-state index in [4.69, 9.17) is 5.11 Å². The second kappa shape index (κ2) is 9.42. The quantitative estimate of drug-likeness (QED) is 0.343. The minimum Gasteiger partial charge on any atom is -0.475 e. The number of piperazine rings is 1. The largest absolute Gasteiger partial charge is 0.475 e. The molecule has 8 nitrogen and oxygen atoms in total. The number of pyridine rings is 2. The van der Waals surface area contributed by atoms with Gasteiger partial charge in [-0.3, -0.25) is 14.6 Å². The maximum atomic E-state index is 13.5. The number of carboxylic acids is 1. The van der Waals surface area contributed by atoms with Crippen molar-refractivity contribution in [1.82, 2.24) is 9.55 Å². The number of ketones is 1. The third-order valence-corrected chi connectivity index (χ3v) is 6.36. The normalized spacial score (nSPS) is 13.7. The van der Waals surface area contributed by atoms with Crippen molar-refractivity contribution in [3.8, 4) is 0 Å². The van der Waals surface area contributed by atoms with Crippen LogP contribution in [0.4, 0.5) is 11.4 Å². The fourth-order valence-electron chi connectivity index (χ4n) is 4.54. The van der Waals surface area contributed by atoms with Crippen LogP contribution in [-0.2, 0) is 11.3 Å². The average Bonchev–Trinajstić information content (AvgIpc) is 2.91. The molecule has 8 heteroatoms. The number of aliphatic carboxylic acids is 1. The second-order valence-electron chi connectivity index (χ2n) is 8.50. The lowest BCUT2D eigenvalue weighted by atomic mass is 10.1. The number of carbonyl (C=O) groups is 2. The van der Waals surface area contributed by atoms with E-state index in [1.54, 1.807) is 18.5 Å². The third kappa shape index (κ3) is 4.50. The summed E-state index contributed by atoms with van der Waals surface area (Å²) in [6.07, 6.45) is 5.38. The second-order valence-corrected chi connectivity index (χ2v) is 8.50. The highest BCUT2D eigenvalue weighted by molar-refractivity contribution is 6.40. The van der Waals surface area contributed by atoms with Crippen molar-refractivity contribution in [2.45, 2.75) is 6.54 Å². The molecule has 0 amide bonds. The van der Waals surface area contributed by atoms with Crippen molar-refractivity contribution in [3.05, 3.63) is 101 Å². The van der Waals surface area contributed by atoms with E-state index >= 15 is 0 Å². The predicted molar refractivity (Wildman–Crippen MR) is 134 cm³/mol. The minimum atomic E-state index is -1.52. The van der Waals surface area contributed by atoms with Crippen LogP contribution in [0.1, 0.15) is 15.9 Å². The Hall–Kier alpha value is -4.46. The molecular formula is C27H24N4O4. The number of carboxylic acid groups (broad SMARTS) is 1. The first-order valence-electron chi connectivity index (χ1n) is 11.4. The van der Waals surface area contributed by atoms with E-state index in [9.17, 15) is 14.4 Å². The summed E-state index contributed by atoms with van der Waals surface area (Å²) in [6.45, 7) is 3.39. The topological polar surface area (TPSA) is 95.7 Å². The van der Waals surface area contributed by atoms with Gasteiger partial charge in [-0.2, -0.15) is 0 Å². The van der Waals surface area contributed by atoms with Gasteiger partial charge in [-0.05, 0) is 35.9 Å². The van der Waals surface area contributed by atoms with Gasteiger partial charge in [0.1, 0.15) is 5.69 Å². The van der Waals surface area contributed by atoms with Gasteiger partial charge in [0.05, 0.1) is 5.52 Å². The molecule has 1 saturated heterocycles. The van der Waals surface area contributed by atoms with Crippen molar-refractivity contribution in [2.75, 3.05) is 36.0 Å². The summed E-state index contributed by atoms with van der Waals surface area (Å²) in [7, 11) is 0. The van der Waals surface area contributed by atoms with Crippen molar-refractivity contribution < 1.29 is 14.7 Å². The highest BCUT2D eigenvalue weighted by Gasteiger charge is 2.22. The van der Waals surface area contributed by atoms with Crippen LogP contribution in [0.15, 0.2) is 84.0 Å². The fourth-order valence-corrected chi connectivity index (χ4v) is 4.54. The number of Topliss-reactive ketones (excluding diaryl/α,β-unsaturated/α-hetero) is 1. The molecule has 1 N–H and O–H groups in total. The van der Waals surface area contributed by atoms with Gasteiger partial charge >= 0.3 is 5.97 Å². The summed E-state index contributed by atoms with van der Waals surface area (Å²) in [5.41, 5.74) is 3.18. The highest BCUT2D eigenvalue weighted by atomic mass is 16.4. The van der Waals surface area contributed by atoms with Crippen LogP contribution >= 0.6 is 0 Å². The number of hydrogen-bond acceptors (Lipinski definition) is 6. The van der Waals surface area contributed by atoms with Gasteiger partial charge < -0.3 is 19.5 Å². The average molecular weight is 469 g/mol. The van der Waals surface area contributed by atoms with Crippen LogP contribution in [-0.4, -0.2) is 52.6 Å². The lowest BCUT2D eigenvalue weighted by molar-refractivity contribution is -0.131. The van der Waals surface area contributed by atoms with E-state index in [-0.39, 0.29) is 11.0 Å². The van der Waals surface area contributed by atoms with Crippen LogP contribution in [0.25, 0.3) is 10.9 Å². The van der Waals surface area contributed by atoms with Crippen LogP contribution in [0, 0.1) is 0 Å². The van der Waals surface area contributed by atoms with Crippen molar-refractivity contribution in [3.63, 3.8) is 0 Å². The first kappa shape index (κ1) is 22.3. The molecular weight excluding hydrogens is 444 g/mol. The Bertz CT molecular complexity index is 1440. The minimum absolute atomic E-state index is 0.0462. The van der Waals surface area contributed by atoms with Crippen LogP contribution in [0.3, 0.4) is 0 Å². The number of carbonyl (C=O) groups excluding carboxylic acids is 1. The van der Waals surface area contributed by atoms with Crippen LogP contribution < -0.4 is 15.2 Å². The van der Waals surface area contributed by atoms with Gasteiger partial charge in [0.15, 0.2) is 0 Å². The third-order valence-electron chi connectivity index (χ3n) is 6.36. The van der Waals surface area contributed by atoms with Gasteiger partial charge in [-0.15, -0.1) is 0 Å². The first-order valence-corrected chi connectivity index (χ1v) is 11.4. The molecule has 0 saturated carbocycles. The van der Waals surface area contributed by atoms with Crippen molar-refractivity contribution >= 4 is 34.0 Å². The number of fused-ring (bicyclic) bond motifs is 1. The summed E-state index contributed by atoms with van der Waals surface area (Å²) < 4.78 is 1.93. The fraction of sp³-hybridized carbons (Fsp3) is 0.185. The van der Waals surface area contributed by atoms with Gasteiger partial charge in [0, 0.05) is 68.0 Å². The Morgan fingerprint density at radius 1 is 0.886 bits per heavy atom. The van der Waals surface area contributed by atoms with Gasteiger partial charge in [0.2, 0.25) is 5.43 Å². The lowest BCUT2D eigenvalue weighted by Gasteiger charge is -2.37. The summed E-state index contributed by atoms with van der Waals surface area (Å²) in [5, 5.41) is 9.61. The molecule has 1 aliphatic rings. The maximum Gasteiger partial charge on any atom is 0.377 e. The number of rotatable bonds is 6. The van der Waals surface area contributed by atoms with Gasteiger partial charge in [-0.25, -0.2) is 4.79 Å². The molecule has 0 aliphatic carbocycles. The molecule has 1 fully saturated rings. The van der Waals surface area contributed by atoms with Crippen molar-refractivity contribution in [2.24, 2.45) is 0 Å². The van der Waals surface area contributed by atoms with E-state index in [2.05, 4.69) is 14.8 Å². The molecule has 176 valence electrons. The molecule has 35 heavy (non-hydrogen) atoms. The summed E-state index contributed by atoms with van der Waals surface area (Å²) in [6, 6.07) is 18.2. The zero-order valence-electron chi connectivity index (χ0n) is 19.0. The zero-order chi connectivity index (χ0) is 24.4. The molecule has 0 bridgehead atoms. The van der Waals surface area contributed by atoms with E-state index in [1.165, 1.54) is 12.1 Å². The predicted octanol–water partition coefficient (Wildman–Crippen LogP) is 3.04. The number of nitrogens with zero attached hydrogens (tertiary/aromatic N) is 4. The summed E-state index contributed by atoms with van der Waals surface area (Å²) in [4.78, 5) is 45.3. The van der Waals surface area contributed by atoms with Crippen molar-refractivity contribution in [1.29, 1.82) is 0 Å². The molecule has 3 heterocycles. The summed E-state index contributed by atoms with van der Waals surface area (Å²) in [5.74, 6) is -2.52. The Morgan fingerprint density at radius 2 is 1.57 bits per heavy atom. The van der Waals surface area contributed by atoms with Crippen LogP contribution in [0.5, 0.6) is 0 Å². The number of aromatic nitrogens is 2. The van der Waals surface area contributed by atoms with Crippen LogP contribution in [0.2, 0.25) is 0 Å². The molecule has 0 atom stereocenters. The molecule has 0 spiro atoms. The Balaban J connectivity index is 1.54. The van der Waals surface area contributed by atoms with Gasteiger partial charge in [-0.1, -0.05) is 30.3 Å². The molecule has 0 radical (unpaired) electrons. The van der Waals surface area contributed by atoms with Gasteiger partial charge in [0.25, 0.3) is 5.78 Å². The standard InChI is InChI=1S/C27H24N4O4/c32-25(27(34)35)20-6-7-22-23(16-20)31(17-19-4-2-1-3-5-19)18-24(26(22)33)30-14-12-29(13-15-30)21-8-10-28-11-9-21/h1-11,16,18H,12-15,17H2,(H,34,35). The molecule has 1 aliphatic heterocycles.